The van der Waals surface area contributed by atoms with E-state index in [0.29, 0.717) is 36.5 Å². The van der Waals surface area contributed by atoms with E-state index in [1.807, 2.05) is 6.92 Å². The fourth-order valence-electron chi connectivity index (χ4n) is 4.76. The number of hydrogen-bond donors (Lipinski definition) is 1. The minimum Gasteiger partial charge on any atom is -0.307 e. The van der Waals surface area contributed by atoms with Crippen LogP contribution in [-0.2, 0) is 29.4 Å². The largest absolute Gasteiger partial charge is 0.307 e. The van der Waals surface area contributed by atoms with Gasteiger partial charge in [-0.25, -0.2) is 17.8 Å². The first kappa shape index (κ1) is 23.6. The van der Waals surface area contributed by atoms with Gasteiger partial charge in [-0.2, -0.15) is 4.31 Å². The molecule has 1 aromatic carbocycles. The second kappa shape index (κ2) is 9.12. The molecule has 1 amide bonds. The van der Waals surface area contributed by atoms with Gasteiger partial charge in [0.15, 0.2) is 5.82 Å². The van der Waals surface area contributed by atoms with E-state index >= 15 is 0 Å². The number of benzene rings is 1. The van der Waals surface area contributed by atoms with Crippen LogP contribution < -0.4 is 5.32 Å². The van der Waals surface area contributed by atoms with Gasteiger partial charge in [-0.3, -0.25) is 4.79 Å². The standard InChI is InChI=1S/C24H27FN6O3S/c1-3-11-35(33,34)30-10-9-16-13-19(25)18(12-17(16)14-30)24(32)27-21-6-4-5-20(26-21)23-29-28-22-8-7-15(2)31(22)23/h4-6,12-13,15H,3,7-11,14H2,1-2H3,(H,26,27,32)/t15-/m0/s1. The monoisotopic (exact) mass is 498 g/mol. The SMILES string of the molecule is CCCS(=O)(=O)N1CCc2cc(F)c(C(=O)Nc3cccc(-c4nnc5n4[C@@H](C)CC5)n3)cc2C1. The number of nitrogens with one attached hydrogen (secondary N) is 1. The summed E-state index contributed by atoms with van der Waals surface area (Å²) >= 11 is 0. The number of fused-ring (bicyclic) bond motifs is 2. The summed E-state index contributed by atoms with van der Waals surface area (Å²) in [7, 11) is -3.39. The first-order valence-electron chi connectivity index (χ1n) is 11.8. The van der Waals surface area contributed by atoms with Gasteiger partial charge in [0.2, 0.25) is 10.0 Å². The lowest BCUT2D eigenvalue weighted by Gasteiger charge is -2.28. The maximum Gasteiger partial charge on any atom is 0.259 e. The van der Waals surface area contributed by atoms with Gasteiger partial charge in [-0.1, -0.05) is 13.0 Å². The average Bonchev–Trinajstić information content (AvgIpc) is 3.41. The van der Waals surface area contributed by atoms with Crippen LogP contribution in [0, 0.1) is 5.82 Å². The molecule has 4 heterocycles. The molecule has 9 nitrogen and oxygen atoms in total. The number of carbonyl (C=O) groups excluding carboxylic acids is 1. The number of carbonyl (C=O) groups is 1. The molecule has 0 saturated carbocycles. The smallest absolute Gasteiger partial charge is 0.259 e. The van der Waals surface area contributed by atoms with E-state index in [2.05, 4.69) is 32.0 Å². The van der Waals surface area contributed by atoms with Crippen LogP contribution in [-0.4, -0.2) is 50.7 Å². The summed E-state index contributed by atoms with van der Waals surface area (Å²) in [6.45, 7) is 4.35. The molecule has 2 aliphatic rings. The minimum absolute atomic E-state index is 0.0624. The van der Waals surface area contributed by atoms with Crippen molar-refractivity contribution in [3.05, 3.63) is 58.7 Å². The van der Waals surface area contributed by atoms with Gasteiger partial charge in [0.05, 0.1) is 11.3 Å². The van der Waals surface area contributed by atoms with E-state index in [-0.39, 0.29) is 29.7 Å². The Morgan fingerprint density at radius 3 is 2.83 bits per heavy atom. The number of sulfonamides is 1. The Labute approximate surface area is 203 Å². The number of anilines is 1. The molecular formula is C24H27FN6O3S. The van der Waals surface area contributed by atoms with Gasteiger partial charge in [-0.05, 0) is 61.6 Å². The van der Waals surface area contributed by atoms with Gasteiger partial charge in [0.1, 0.15) is 23.2 Å². The molecule has 0 saturated heterocycles. The van der Waals surface area contributed by atoms with Crippen molar-refractivity contribution in [2.45, 2.75) is 52.1 Å². The van der Waals surface area contributed by atoms with Gasteiger partial charge < -0.3 is 9.88 Å². The molecule has 11 heteroatoms. The fourth-order valence-corrected chi connectivity index (χ4v) is 6.24. The molecule has 0 bridgehead atoms. The van der Waals surface area contributed by atoms with E-state index in [4.69, 9.17) is 0 Å². The van der Waals surface area contributed by atoms with E-state index in [9.17, 15) is 17.6 Å². The number of halogens is 1. The van der Waals surface area contributed by atoms with Crippen LogP contribution in [0.25, 0.3) is 11.5 Å². The fraction of sp³-hybridized carbons (Fsp3) is 0.417. The molecule has 1 atom stereocenters. The summed E-state index contributed by atoms with van der Waals surface area (Å²) in [5, 5.41) is 11.2. The molecule has 0 radical (unpaired) electrons. The molecule has 3 aromatic rings. The van der Waals surface area contributed by atoms with E-state index < -0.39 is 21.7 Å². The number of hydrogen-bond acceptors (Lipinski definition) is 6. The molecule has 35 heavy (non-hydrogen) atoms. The van der Waals surface area contributed by atoms with Crippen molar-refractivity contribution >= 4 is 21.7 Å². The lowest BCUT2D eigenvalue weighted by molar-refractivity contribution is 0.102. The van der Waals surface area contributed by atoms with Crippen LogP contribution in [0.1, 0.15) is 60.0 Å². The minimum atomic E-state index is -3.39. The lowest BCUT2D eigenvalue weighted by atomic mass is 9.97. The first-order chi connectivity index (χ1) is 16.8. The normalized spacial score (nSPS) is 17.7. The third kappa shape index (κ3) is 4.45. The van der Waals surface area contributed by atoms with Crippen molar-refractivity contribution in [1.82, 2.24) is 24.1 Å². The zero-order valence-electron chi connectivity index (χ0n) is 19.7. The Hall–Kier alpha value is -3.18. The molecule has 2 aliphatic heterocycles. The maximum absolute atomic E-state index is 14.8. The summed E-state index contributed by atoms with van der Waals surface area (Å²) in [5.41, 5.74) is 1.77. The third-order valence-electron chi connectivity index (χ3n) is 6.58. The predicted octanol–water partition coefficient (Wildman–Crippen LogP) is 3.34. The second-order valence-electron chi connectivity index (χ2n) is 9.06. The third-order valence-corrected chi connectivity index (χ3v) is 8.60. The Balaban J connectivity index is 1.38. The summed E-state index contributed by atoms with van der Waals surface area (Å²) in [4.78, 5) is 17.5. The van der Waals surface area contributed by atoms with Crippen LogP contribution in [0.4, 0.5) is 10.2 Å². The molecule has 1 N–H and O–H groups in total. The molecular weight excluding hydrogens is 471 g/mol. The lowest BCUT2D eigenvalue weighted by Crippen LogP contribution is -2.37. The van der Waals surface area contributed by atoms with Crippen molar-refractivity contribution < 1.29 is 17.6 Å². The topological polar surface area (TPSA) is 110 Å². The van der Waals surface area contributed by atoms with Crippen molar-refractivity contribution in [3.63, 3.8) is 0 Å². The van der Waals surface area contributed by atoms with Crippen LogP contribution in [0.5, 0.6) is 0 Å². The number of nitrogens with zero attached hydrogens (tertiary/aromatic N) is 5. The van der Waals surface area contributed by atoms with E-state index in [0.717, 1.165) is 24.2 Å². The Morgan fingerprint density at radius 2 is 2.03 bits per heavy atom. The highest BCUT2D eigenvalue weighted by atomic mass is 32.2. The molecule has 0 fully saturated rings. The van der Waals surface area contributed by atoms with Crippen LogP contribution in [0.2, 0.25) is 0 Å². The molecule has 0 unspecified atom stereocenters. The zero-order chi connectivity index (χ0) is 24.7. The maximum atomic E-state index is 14.8. The highest BCUT2D eigenvalue weighted by Crippen LogP contribution is 2.30. The van der Waals surface area contributed by atoms with Gasteiger partial charge in [-0.15, -0.1) is 10.2 Å². The highest BCUT2D eigenvalue weighted by Gasteiger charge is 2.28. The molecule has 0 aliphatic carbocycles. The second-order valence-corrected chi connectivity index (χ2v) is 11.1. The van der Waals surface area contributed by atoms with Crippen molar-refractivity contribution in [1.29, 1.82) is 0 Å². The summed E-state index contributed by atoms with van der Waals surface area (Å²) in [5.74, 6) is 0.575. The van der Waals surface area contributed by atoms with Crippen LogP contribution in [0.15, 0.2) is 30.3 Å². The van der Waals surface area contributed by atoms with Crippen molar-refractivity contribution in [2.24, 2.45) is 0 Å². The van der Waals surface area contributed by atoms with Gasteiger partial charge in [0, 0.05) is 25.6 Å². The predicted molar refractivity (Wildman–Crippen MR) is 129 cm³/mol. The number of amides is 1. The molecule has 0 spiro atoms. The molecule has 5 rings (SSSR count). The Bertz CT molecular complexity index is 1400. The van der Waals surface area contributed by atoms with Crippen LogP contribution in [0.3, 0.4) is 0 Å². The zero-order valence-corrected chi connectivity index (χ0v) is 20.5. The molecule has 184 valence electrons. The summed E-state index contributed by atoms with van der Waals surface area (Å²) in [6, 6.07) is 8.22. The highest BCUT2D eigenvalue weighted by molar-refractivity contribution is 7.89. The van der Waals surface area contributed by atoms with Gasteiger partial charge in [0.25, 0.3) is 5.91 Å². The van der Waals surface area contributed by atoms with Crippen LogP contribution >= 0.6 is 0 Å². The number of pyridine rings is 1. The first-order valence-corrected chi connectivity index (χ1v) is 13.4. The Kier molecular flexibility index (Phi) is 6.14. The molecule has 2 aromatic heterocycles. The summed E-state index contributed by atoms with van der Waals surface area (Å²) < 4.78 is 43.3. The summed E-state index contributed by atoms with van der Waals surface area (Å²) in [6.07, 6.45) is 2.77. The van der Waals surface area contributed by atoms with Gasteiger partial charge >= 0.3 is 0 Å². The van der Waals surface area contributed by atoms with E-state index in [1.165, 1.54) is 16.4 Å². The average molecular weight is 499 g/mol. The number of aryl methyl sites for hydroxylation is 1. The number of rotatable bonds is 6. The quantitative estimate of drug-likeness (QED) is 0.558. The Morgan fingerprint density at radius 1 is 1.20 bits per heavy atom. The van der Waals surface area contributed by atoms with E-state index in [1.54, 1.807) is 18.2 Å². The van der Waals surface area contributed by atoms with Crippen molar-refractivity contribution in [2.75, 3.05) is 17.6 Å². The van der Waals surface area contributed by atoms with Crippen molar-refractivity contribution in [3.8, 4) is 11.5 Å². The number of aromatic nitrogens is 4.